The van der Waals surface area contributed by atoms with Gasteiger partial charge in [0, 0.05) is 27.1 Å². The van der Waals surface area contributed by atoms with Gasteiger partial charge in [-0.15, -0.1) is 0 Å². The second-order valence-corrected chi connectivity index (χ2v) is 13.1. The molecule has 9 aromatic rings. The molecule has 11 rings (SSSR count). The maximum absolute atomic E-state index is 6.44. The fourth-order valence-electron chi connectivity index (χ4n) is 9.04. The molecule has 212 valence electrons. The lowest BCUT2D eigenvalue weighted by molar-refractivity contribution is 0.794. The molecule has 1 spiro atoms. The van der Waals surface area contributed by atoms with Gasteiger partial charge in [-0.05, 0) is 67.6 Å². The number of aromatic nitrogens is 1. The van der Waals surface area contributed by atoms with Crippen molar-refractivity contribution in [2.24, 2.45) is 0 Å². The fraction of sp³-hybridized carbons (Fsp3) is 0.0227. The minimum atomic E-state index is -0.393. The van der Waals surface area contributed by atoms with E-state index in [4.69, 9.17) is 12.2 Å². The van der Waals surface area contributed by atoms with E-state index < -0.39 is 5.41 Å². The van der Waals surface area contributed by atoms with Gasteiger partial charge in [0.25, 0.3) is 0 Å². The van der Waals surface area contributed by atoms with E-state index in [0.29, 0.717) is 0 Å². The molecule has 0 N–H and O–H groups in total. The Labute approximate surface area is 271 Å². The van der Waals surface area contributed by atoms with Gasteiger partial charge in [-0.2, -0.15) is 0 Å². The van der Waals surface area contributed by atoms with Crippen LogP contribution in [-0.2, 0) is 5.41 Å². The second kappa shape index (κ2) is 8.57. The molecule has 46 heavy (non-hydrogen) atoms. The van der Waals surface area contributed by atoms with Crippen LogP contribution in [0, 0.1) is 4.64 Å². The third-order valence-corrected chi connectivity index (χ3v) is 11.1. The van der Waals surface area contributed by atoms with E-state index in [2.05, 4.69) is 156 Å². The number of hydrogen-bond acceptors (Lipinski definition) is 1. The molecule has 0 fully saturated rings. The van der Waals surface area contributed by atoms with Crippen molar-refractivity contribution >= 4 is 50.2 Å². The SMILES string of the molecule is S=c1c2ccccc2c2cc(-c3ccccc3)cc3c4ccc5c(c4n1c23)-c1ccccc1C51c2ccccc2-c2ccccc21. The summed E-state index contributed by atoms with van der Waals surface area (Å²) in [6.07, 6.45) is 0. The molecule has 0 saturated carbocycles. The normalized spacial score (nSPS) is 13.9. The Bertz CT molecular complexity index is 2780. The lowest BCUT2D eigenvalue weighted by Crippen LogP contribution is -2.25. The van der Waals surface area contributed by atoms with Crippen molar-refractivity contribution in [1.29, 1.82) is 0 Å². The number of fused-ring (bicyclic) bond motifs is 16. The van der Waals surface area contributed by atoms with E-state index in [1.54, 1.807) is 0 Å². The molecule has 2 heteroatoms. The van der Waals surface area contributed by atoms with Crippen LogP contribution in [0.5, 0.6) is 0 Å². The largest absolute Gasteiger partial charge is 0.298 e. The average Bonchev–Trinajstić information content (AvgIpc) is 3.73. The van der Waals surface area contributed by atoms with Gasteiger partial charge in [0.05, 0.1) is 16.4 Å². The monoisotopic (exact) mass is 599 g/mol. The molecule has 0 aliphatic heterocycles. The zero-order chi connectivity index (χ0) is 30.1. The first-order chi connectivity index (χ1) is 22.8. The highest BCUT2D eigenvalue weighted by atomic mass is 32.1. The van der Waals surface area contributed by atoms with Crippen LogP contribution in [-0.4, -0.2) is 4.40 Å². The zero-order valence-corrected chi connectivity index (χ0v) is 25.6. The quantitative estimate of drug-likeness (QED) is 0.134. The molecular formula is C44H25NS. The van der Waals surface area contributed by atoms with Crippen molar-refractivity contribution in [2.45, 2.75) is 5.41 Å². The molecule has 0 radical (unpaired) electrons. The summed E-state index contributed by atoms with van der Waals surface area (Å²) in [4.78, 5) is 0. The van der Waals surface area contributed by atoms with Crippen LogP contribution in [0.2, 0.25) is 0 Å². The van der Waals surface area contributed by atoms with Gasteiger partial charge in [-0.3, -0.25) is 4.40 Å². The smallest absolute Gasteiger partial charge is 0.118 e. The van der Waals surface area contributed by atoms with E-state index in [1.807, 2.05) is 0 Å². The van der Waals surface area contributed by atoms with Crippen molar-refractivity contribution in [3.63, 3.8) is 0 Å². The highest BCUT2D eigenvalue weighted by Crippen LogP contribution is 2.64. The van der Waals surface area contributed by atoms with Crippen molar-refractivity contribution in [2.75, 3.05) is 0 Å². The van der Waals surface area contributed by atoms with Crippen LogP contribution in [0.25, 0.3) is 71.3 Å². The summed E-state index contributed by atoms with van der Waals surface area (Å²) in [6, 6.07) is 56.0. The highest BCUT2D eigenvalue weighted by Gasteiger charge is 2.52. The highest BCUT2D eigenvalue weighted by molar-refractivity contribution is 7.71. The van der Waals surface area contributed by atoms with Gasteiger partial charge < -0.3 is 0 Å². The van der Waals surface area contributed by atoms with Gasteiger partial charge in [-0.1, -0.05) is 152 Å². The zero-order valence-electron chi connectivity index (χ0n) is 24.8. The van der Waals surface area contributed by atoms with Gasteiger partial charge in [0.2, 0.25) is 0 Å². The molecule has 7 aromatic carbocycles. The molecule has 0 saturated heterocycles. The summed E-state index contributed by atoms with van der Waals surface area (Å²) in [7, 11) is 0. The first kappa shape index (κ1) is 24.7. The summed E-state index contributed by atoms with van der Waals surface area (Å²) >= 11 is 6.44. The summed E-state index contributed by atoms with van der Waals surface area (Å²) < 4.78 is 3.28. The Morgan fingerprint density at radius 1 is 0.391 bits per heavy atom. The molecule has 0 bridgehead atoms. The molecule has 0 atom stereocenters. The number of rotatable bonds is 1. The number of hydrogen-bond donors (Lipinski definition) is 0. The average molecular weight is 600 g/mol. The molecule has 2 heterocycles. The number of pyridine rings is 1. The number of benzene rings is 7. The van der Waals surface area contributed by atoms with Crippen LogP contribution in [0.3, 0.4) is 0 Å². The van der Waals surface area contributed by atoms with Crippen molar-refractivity contribution in [3.05, 3.63) is 179 Å². The maximum atomic E-state index is 6.44. The van der Waals surface area contributed by atoms with Gasteiger partial charge in [0.1, 0.15) is 4.64 Å². The van der Waals surface area contributed by atoms with Gasteiger partial charge in [0.15, 0.2) is 0 Å². The summed E-state index contributed by atoms with van der Waals surface area (Å²) in [6.45, 7) is 0. The lowest BCUT2D eigenvalue weighted by atomic mass is 9.70. The van der Waals surface area contributed by atoms with Crippen LogP contribution < -0.4 is 0 Å². The fourth-order valence-corrected chi connectivity index (χ4v) is 9.40. The molecule has 1 nitrogen and oxygen atoms in total. The van der Waals surface area contributed by atoms with E-state index in [0.717, 1.165) is 10.0 Å². The first-order valence-electron chi connectivity index (χ1n) is 15.9. The third kappa shape index (κ3) is 2.77. The predicted octanol–water partition coefficient (Wildman–Crippen LogP) is 11.6. The minimum absolute atomic E-state index is 0.393. The molecular weight excluding hydrogens is 575 g/mol. The summed E-state index contributed by atoms with van der Waals surface area (Å²) in [5.41, 5.74) is 15.1. The molecule has 0 unspecified atom stereocenters. The summed E-state index contributed by atoms with van der Waals surface area (Å²) in [5.74, 6) is 0. The summed E-state index contributed by atoms with van der Waals surface area (Å²) in [5, 5.41) is 6.05. The molecule has 2 aliphatic carbocycles. The predicted molar refractivity (Wildman–Crippen MR) is 194 cm³/mol. The van der Waals surface area contributed by atoms with Crippen molar-refractivity contribution < 1.29 is 0 Å². The van der Waals surface area contributed by atoms with Crippen LogP contribution in [0.4, 0.5) is 0 Å². The van der Waals surface area contributed by atoms with Crippen molar-refractivity contribution in [1.82, 2.24) is 4.40 Å². The van der Waals surface area contributed by atoms with E-state index in [9.17, 15) is 0 Å². The molecule has 2 aromatic heterocycles. The topological polar surface area (TPSA) is 4.41 Å². The number of nitrogens with zero attached hydrogens (tertiary/aromatic N) is 1. The van der Waals surface area contributed by atoms with E-state index >= 15 is 0 Å². The first-order valence-corrected chi connectivity index (χ1v) is 16.3. The Morgan fingerprint density at radius 2 is 0.935 bits per heavy atom. The Morgan fingerprint density at radius 3 is 1.63 bits per heavy atom. The Kier molecular flexibility index (Phi) is 4.60. The molecule has 2 aliphatic rings. The standard InChI is InChI=1S/C44H25NS/c46-43-32-17-5-4-14-28(32)34-24-27(26-12-2-1-3-13-26)25-35-31-22-23-39-40(42(31)45(43)41(34)35)33-18-8-11-21-38(33)44(39)36-19-9-6-15-29(36)30-16-7-10-20-37(30)44/h1-25H. The van der Waals surface area contributed by atoms with E-state index in [-0.39, 0.29) is 0 Å². The van der Waals surface area contributed by atoms with Crippen LogP contribution in [0.1, 0.15) is 22.3 Å². The van der Waals surface area contributed by atoms with Crippen LogP contribution in [0.15, 0.2) is 152 Å². The Balaban J connectivity index is 1.39. The van der Waals surface area contributed by atoms with Crippen LogP contribution >= 0.6 is 12.2 Å². The lowest BCUT2D eigenvalue weighted by Gasteiger charge is -2.30. The molecule has 0 amide bonds. The van der Waals surface area contributed by atoms with Gasteiger partial charge >= 0.3 is 0 Å². The van der Waals surface area contributed by atoms with E-state index in [1.165, 1.54) is 88.2 Å². The van der Waals surface area contributed by atoms with Crippen molar-refractivity contribution in [3.8, 4) is 33.4 Å². The second-order valence-electron chi connectivity index (χ2n) is 12.7. The minimum Gasteiger partial charge on any atom is -0.298 e. The van der Waals surface area contributed by atoms with Gasteiger partial charge in [-0.25, -0.2) is 0 Å². The Hall–Kier alpha value is -5.57. The maximum Gasteiger partial charge on any atom is 0.118 e. The third-order valence-electron chi connectivity index (χ3n) is 10.7.